The van der Waals surface area contributed by atoms with E-state index in [9.17, 15) is 9.90 Å². The number of ketones is 1. The summed E-state index contributed by atoms with van der Waals surface area (Å²) in [4.78, 5) is 12.1. The number of benzene rings is 1. The summed E-state index contributed by atoms with van der Waals surface area (Å²) in [5, 5.41) is 18.8. The van der Waals surface area contributed by atoms with Crippen molar-refractivity contribution in [3.8, 4) is 11.5 Å². The number of carbonyl (C=O) groups excluding carboxylic acids is 1. The summed E-state index contributed by atoms with van der Waals surface area (Å²) >= 11 is 0. The van der Waals surface area contributed by atoms with Crippen LogP contribution in [-0.2, 0) is 0 Å². The zero-order valence-electron chi connectivity index (χ0n) is 9.15. The van der Waals surface area contributed by atoms with E-state index in [-0.39, 0.29) is 23.2 Å². The van der Waals surface area contributed by atoms with Gasteiger partial charge in [-0.3, -0.25) is 4.79 Å². The molecule has 0 unspecified atom stereocenters. The van der Waals surface area contributed by atoms with Gasteiger partial charge in [0, 0.05) is 12.0 Å². The summed E-state index contributed by atoms with van der Waals surface area (Å²) in [6.45, 7) is 0. The van der Waals surface area contributed by atoms with E-state index in [4.69, 9.17) is 5.11 Å². The first-order chi connectivity index (χ1) is 7.68. The topological polar surface area (TPSA) is 57.5 Å². The molecule has 3 heteroatoms. The van der Waals surface area contributed by atoms with Gasteiger partial charge in [0.25, 0.3) is 0 Å². The van der Waals surface area contributed by atoms with Crippen molar-refractivity contribution in [2.24, 2.45) is 5.92 Å². The Hall–Kier alpha value is -1.51. The highest BCUT2D eigenvalue weighted by atomic mass is 16.3. The van der Waals surface area contributed by atoms with Crippen LogP contribution >= 0.6 is 0 Å². The van der Waals surface area contributed by atoms with Gasteiger partial charge in [0.2, 0.25) is 0 Å². The van der Waals surface area contributed by atoms with Crippen molar-refractivity contribution < 1.29 is 15.0 Å². The minimum atomic E-state index is -0.115. The van der Waals surface area contributed by atoms with Crippen molar-refractivity contribution in [3.63, 3.8) is 0 Å². The Bertz CT molecular complexity index is 392. The highest BCUT2D eigenvalue weighted by Gasteiger charge is 2.24. The van der Waals surface area contributed by atoms with Gasteiger partial charge in [-0.2, -0.15) is 0 Å². The van der Waals surface area contributed by atoms with E-state index < -0.39 is 0 Å². The summed E-state index contributed by atoms with van der Waals surface area (Å²) in [7, 11) is 0. The fourth-order valence-electron chi connectivity index (χ4n) is 2.31. The Morgan fingerprint density at radius 1 is 1.12 bits per heavy atom. The highest BCUT2D eigenvalue weighted by Crippen LogP contribution is 2.31. The fraction of sp³-hybridized carbons (Fsp3) is 0.462. The summed E-state index contributed by atoms with van der Waals surface area (Å²) in [6.07, 6.45) is 5.22. The quantitative estimate of drug-likeness (QED) is 0.753. The molecule has 0 saturated heterocycles. The van der Waals surface area contributed by atoms with Crippen LogP contribution in [0.3, 0.4) is 0 Å². The van der Waals surface area contributed by atoms with Gasteiger partial charge in [-0.25, -0.2) is 0 Å². The molecule has 0 heterocycles. The summed E-state index contributed by atoms with van der Waals surface area (Å²) in [6, 6.07) is 4.16. The average Bonchev–Trinajstić information content (AvgIpc) is 2.29. The summed E-state index contributed by atoms with van der Waals surface area (Å²) in [5.41, 5.74) is 0.338. The lowest BCUT2D eigenvalue weighted by molar-refractivity contribution is 0.0887. The second kappa shape index (κ2) is 4.56. The summed E-state index contributed by atoms with van der Waals surface area (Å²) < 4.78 is 0. The monoisotopic (exact) mass is 220 g/mol. The molecule has 0 aliphatic heterocycles. The van der Waals surface area contributed by atoms with Crippen LogP contribution in [-0.4, -0.2) is 16.0 Å². The second-order valence-corrected chi connectivity index (χ2v) is 4.40. The number of aromatic hydroxyl groups is 2. The molecule has 16 heavy (non-hydrogen) atoms. The molecule has 3 nitrogen and oxygen atoms in total. The number of hydrogen-bond donors (Lipinski definition) is 2. The average molecular weight is 220 g/mol. The van der Waals surface area contributed by atoms with Crippen molar-refractivity contribution in [1.29, 1.82) is 0 Å². The normalized spacial score (nSPS) is 17.2. The largest absolute Gasteiger partial charge is 0.508 e. The zero-order chi connectivity index (χ0) is 11.5. The van der Waals surface area contributed by atoms with E-state index in [1.54, 1.807) is 0 Å². The molecule has 1 fully saturated rings. The van der Waals surface area contributed by atoms with Crippen molar-refractivity contribution in [2.75, 3.05) is 0 Å². The molecule has 1 saturated carbocycles. The molecular weight excluding hydrogens is 204 g/mol. The van der Waals surface area contributed by atoms with Crippen LogP contribution in [0.2, 0.25) is 0 Å². The van der Waals surface area contributed by atoms with Gasteiger partial charge >= 0.3 is 0 Å². The minimum absolute atomic E-state index is 0.0113. The Kier molecular flexibility index (Phi) is 3.13. The van der Waals surface area contributed by atoms with E-state index >= 15 is 0 Å². The first kappa shape index (κ1) is 11.0. The molecule has 86 valence electrons. The van der Waals surface area contributed by atoms with Crippen LogP contribution in [0.1, 0.15) is 42.5 Å². The van der Waals surface area contributed by atoms with Crippen LogP contribution in [0, 0.1) is 5.92 Å². The standard InChI is InChI=1S/C13H16O3/c14-10-6-7-11(12(15)8-10)13(16)9-4-2-1-3-5-9/h6-9,14-15H,1-5H2. The molecule has 1 aliphatic carbocycles. The van der Waals surface area contributed by atoms with E-state index in [2.05, 4.69) is 0 Å². The smallest absolute Gasteiger partial charge is 0.169 e. The lowest BCUT2D eigenvalue weighted by atomic mass is 9.83. The molecule has 1 aromatic rings. The number of phenols is 2. The van der Waals surface area contributed by atoms with Crippen LogP contribution in [0.4, 0.5) is 0 Å². The molecule has 0 bridgehead atoms. The molecule has 0 atom stereocenters. The molecule has 0 radical (unpaired) electrons. The third kappa shape index (κ3) is 2.18. The van der Waals surface area contributed by atoms with Crippen LogP contribution in [0.15, 0.2) is 18.2 Å². The molecule has 0 aromatic heterocycles. The van der Waals surface area contributed by atoms with Gasteiger partial charge in [-0.15, -0.1) is 0 Å². The van der Waals surface area contributed by atoms with Gasteiger partial charge in [-0.05, 0) is 25.0 Å². The van der Waals surface area contributed by atoms with Gasteiger partial charge < -0.3 is 10.2 Å². The SMILES string of the molecule is O=C(c1ccc(O)cc1O)C1CCCCC1. The van der Waals surface area contributed by atoms with Gasteiger partial charge in [-0.1, -0.05) is 19.3 Å². The van der Waals surface area contributed by atoms with Crippen molar-refractivity contribution in [1.82, 2.24) is 0 Å². The molecule has 2 rings (SSSR count). The summed E-state index contributed by atoms with van der Waals surface area (Å²) in [5.74, 6) is -0.0744. The lowest BCUT2D eigenvalue weighted by Gasteiger charge is -2.20. The number of rotatable bonds is 2. The number of hydrogen-bond acceptors (Lipinski definition) is 3. The highest BCUT2D eigenvalue weighted by molar-refractivity contribution is 6.00. The Morgan fingerprint density at radius 2 is 1.81 bits per heavy atom. The number of carbonyl (C=O) groups is 1. The van der Waals surface area contributed by atoms with E-state index in [1.807, 2.05) is 0 Å². The van der Waals surface area contributed by atoms with Crippen LogP contribution in [0.25, 0.3) is 0 Å². The van der Waals surface area contributed by atoms with E-state index in [1.165, 1.54) is 24.6 Å². The lowest BCUT2D eigenvalue weighted by Crippen LogP contribution is -2.17. The van der Waals surface area contributed by atoms with Crippen molar-refractivity contribution in [2.45, 2.75) is 32.1 Å². The first-order valence-corrected chi connectivity index (χ1v) is 5.74. The predicted octanol–water partition coefficient (Wildman–Crippen LogP) is 2.86. The maximum atomic E-state index is 12.1. The van der Waals surface area contributed by atoms with Gasteiger partial charge in [0.15, 0.2) is 5.78 Å². The van der Waals surface area contributed by atoms with E-state index in [0.717, 1.165) is 25.7 Å². The number of phenolic OH excluding ortho intramolecular Hbond substituents is 2. The van der Waals surface area contributed by atoms with Crippen molar-refractivity contribution >= 4 is 5.78 Å². The minimum Gasteiger partial charge on any atom is -0.508 e. The molecular formula is C13H16O3. The Labute approximate surface area is 94.7 Å². The third-order valence-corrected chi connectivity index (χ3v) is 3.22. The van der Waals surface area contributed by atoms with Crippen molar-refractivity contribution in [3.05, 3.63) is 23.8 Å². The molecule has 0 amide bonds. The maximum absolute atomic E-state index is 12.1. The first-order valence-electron chi connectivity index (χ1n) is 5.74. The fourth-order valence-corrected chi connectivity index (χ4v) is 2.31. The van der Waals surface area contributed by atoms with Gasteiger partial charge in [0.05, 0.1) is 5.56 Å². The van der Waals surface area contributed by atoms with Crippen LogP contribution < -0.4 is 0 Å². The third-order valence-electron chi connectivity index (χ3n) is 3.22. The van der Waals surface area contributed by atoms with Crippen LogP contribution in [0.5, 0.6) is 11.5 Å². The van der Waals surface area contributed by atoms with Gasteiger partial charge in [0.1, 0.15) is 11.5 Å². The Balaban J connectivity index is 2.19. The number of Topliss-reactive ketones (excluding diaryl/α,β-unsaturated/α-hetero) is 1. The maximum Gasteiger partial charge on any atom is 0.169 e. The molecule has 1 aliphatic rings. The molecule has 0 spiro atoms. The molecule has 1 aromatic carbocycles. The Morgan fingerprint density at radius 3 is 2.44 bits per heavy atom. The van der Waals surface area contributed by atoms with E-state index in [0.29, 0.717) is 5.56 Å². The predicted molar refractivity (Wildman–Crippen MR) is 60.7 cm³/mol. The second-order valence-electron chi connectivity index (χ2n) is 4.40. The molecule has 2 N–H and O–H groups in total. The zero-order valence-corrected chi connectivity index (χ0v) is 9.15.